The van der Waals surface area contributed by atoms with Crippen LogP contribution in [0.15, 0.2) is 170 Å². The average Bonchev–Trinajstić information content (AvgIpc) is 3.57. The first-order chi connectivity index (χ1) is 22.8. The summed E-state index contributed by atoms with van der Waals surface area (Å²) in [5, 5.41) is 8.42. The van der Waals surface area contributed by atoms with Gasteiger partial charge in [-0.2, -0.15) is 0 Å². The summed E-state index contributed by atoms with van der Waals surface area (Å²) in [5.41, 5.74) is 8.00. The molecule has 2 nitrogen and oxygen atoms in total. The van der Waals surface area contributed by atoms with Gasteiger partial charge in [0, 0.05) is 28.0 Å². The minimum atomic E-state index is 1.06. The minimum Gasteiger partial charge on any atom is -0.310 e. The van der Waals surface area contributed by atoms with Gasteiger partial charge in [-0.25, -0.2) is 4.98 Å². The van der Waals surface area contributed by atoms with Gasteiger partial charge in [-0.15, -0.1) is 11.3 Å². The highest BCUT2D eigenvalue weighted by molar-refractivity contribution is 7.21. The van der Waals surface area contributed by atoms with E-state index in [4.69, 9.17) is 4.98 Å². The van der Waals surface area contributed by atoms with Crippen molar-refractivity contribution in [1.29, 1.82) is 0 Å². The summed E-state index contributed by atoms with van der Waals surface area (Å²) < 4.78 is 1.21. The molecule has 46 heavy (non-hydrogen) atoms. The highest BCUT2D eigenvalue weighted by Gasteiger charge is 2.15. The van der Waals surface area contributed by atoms with Crippen LogP contribution in [0.2, 0.25) is 0 Å². The fourth-order valence-corrected chi connectivity index (χ4v) is 7.54. The van der Waals surface area contributed by atoms with Gasteiger partial charge in [0.1, 0.15) is 5.01 Å². The van der Waals surface area contributed by atoms with E-state index in [0.29, 0.717) is 0 Å². The lowest BCUT2D eigenvalue weighted by Crippen LogP contribution is -2.09. The van der Waals surface area contributed by atoms with Gasteiger partial charge in [0.25, 0.3) is 0 Å². The molecule has 9 rings (SSSR count). The van der Waals surface area contributed by atoms with Crippen LogP contribution in [0.1, 0.15) is 0 Å². The molecule has 8 aromatic carbocycles. The number of rotatable bonds is 5. The molecule has 0 radical (unpaired) electrons. The zero-order valence-electron chi connectivity index (χ0n) is 25.0. The smallest absolute Gasteiger partial charge is 0.124 e. The molecule has 0 N–H and O–H groups in total. The Bertz CT molecular complexity index is 2520. The van der Waals surface area contributed by atoms with E-state index in [2.05, 4.69) is 175 Å². The summed E-state index contributed by atoms with van der Waals surface area (Å²) in [6.07, 6.45) is 0. The standard InChI is InChI=1S/C43H28N2S/c1-3-10-33(11-4-1)43-44-42-40(46-43)26-22-32-17-15-31-16-18-35(28-39(31)41(32)42)30-19-23-37(24-20-30)45(36-13-5-2-6-14-36)38-25-21-29-9-7-8-12-34(29)27-38/h1-28H. The molecule has 0 amide bonds. The molecule has 0 aliphatic rings. The van der Waals surface area contributed by atoms with Gasteiger partial charge in [-0.3, -0.25) is 0 Å². The van der Waals surface area contributed by atoms with Gasteiger partial charge in [-0.05, 0) is 86.6 Å². The summed E-state index contributed by atoms with van der Waals surface area (Å²) in [7, 11) is 0. The molecule has 0 spiro atoms. The molecule has 0 fully saturated rings. The topological polar surface area (TPSA) is 16.1 Å². The highest BCUT2D eigenvalue weighted by Crippen LogP contribution is 2.40. The Labute approximate surface area is 271 Å². The highest BCUT2D eigenvalue weighted by atomic mass is 32.1. The lowest BCUT2D eigenvalue weighted by atomic mass is 9.96. The number of thiazole rings is 1. The third-order valence-corrected chi connectivity index (χ3v) is 9.91. The predicted molar refractivity (Wildman–Crippen MR) is 198 cm³/mol. The molecule has 0 atom stereocenters. The van der Waals surface area contributed by atoms with Crippen molar-refractivity contribution in [1.82, 2.24) is 4.98 Å². The quantitative estimate of drug-likeness (QED) is 0.182. The molecule has 0 saturated carbocycles. The van der Waals surface area contributed by atoms with E-state index in [0.717, 1.165) is 33.1 Å². The zero-order chi connectivity index (χ0) is 30.5. The van der Waals surface area contributed by atoms with Crippen LogP contribution in [-0.4, -0.2) is 4.98 Å². The lowest BCUT2D eigenvalue weighted by Gasteiger charge is -2.26. The molecular weight excluding hydrogens is 577 g/mol. The van der Waals surface area contributed by atoms with Crippen molar-refractivity contribution in [3.8, 4) is 21.7 Å². The molecule has 3 heteroatoms. The normalized spacial score (nSPS) is 11.5. The molecular formula is C43H28N2S. The summed E-state index contributed by atoms with van der Waals surface area (Å²) >= 11 is 1.76. The predicted octanol–water partition coefficient (Wildman–Crippen LogP) is 12.6. The van der Waals surface area contributed by atoms with E-state index in [9.17, 15) is 0 Å². The maximum Gasteiger partial charge on any atom is 0.124 e. The number of anilines is 3. The number of para-hydroxylation sites is 1. The Morgan fingerprint density at radius 2 is 1.02 bits per heavy atom. The second-order valence-corrected chi connectivity index (χ2v) is 12.7. The molecule has 0 saturated heterocycles. The summed E-state index contributed by atoms with van der Waals surface area (Å²) in [6.45, 7) is 0. The van der Waals surface area contributed by atoms with Crippen molar-refractivity contribution in [2.75, 3.05) is 4.90 Å². The van der Waals surface area contributed by atoms with Crippen molar-refractivity contribution in [2.24, 2.45) is 0 Å². The number of benzene rings is 8. The van der Waals surface area contributed by atoms with Crippen LogP contribution in [0.4, 0.5) is 17.1 Å². The van der Waals surface area contributed by atoms with Gasteiger partial charge in [-0.1, -0.05) is 121 Å². The number of hydrogen-bond acceptors (Lipinski definition) is 3. The first-order valence-electron chi connectivity index (χ1n) is 15.5. The molecule has 9 aromatic rings. The van der Waals surface area contributed by atoms with Gasteiger partial charge < -0.3 is 4.90 Å². The number of fused-ring (bicyclic) bond motifs is 6. The third kappa shape index (κ3) is 4.61. The zero-order valence-corrected chi connectivity index (χ0v) is 25.8. The molecule has 216 valence electrons. The van der Waals surface area contributed by atoms with Crippen LogP contribution in [0.5, 0.6) is 0 Å². The fourth-order valence-electron chi connectivity index (χ4n) is 6.56. The van der Waals surface area contributed by atoms with Crippen LogP contribution in [0.25, 0.3) is 64.2 Å². The summed E-state index contributed by atoms with van der Waals surface area (Å²) in [5.74, 6) is 0. The summed E-state index contributed by atoms with van der Waals surface area (Å²) in [4.78, 5) is 7.51. The molecule has 0 aliphatic carbocycles. The Balaban J connectivity index is 1.15. The SMILES string of the molecule is c1ccc(-c2nc3c(ccc4ccc5ccc(-c6ccc(N(c7ccccc7)c7ccc8ccccc8c7)cc6)cc5c43)s2)cc1. The molecule has 0 aliphatic heterocycles. The fraction of sp³-hybridized carbons (Fsp3) is 0. The maximum atomic E-state index is 5.18. The van der Waals surface area contributed by atoms with Crippen LogP contribution < -0.4 is 4.90 Å². The van der Waals surface area contributed by atoms with E-state index in [-0.39, 0.29) is 0 Å². The largest absolute Gasteiger partial charge is 0.310 e. The van der Waals surface area contributed by atoms with Crippen molar-refractivity contribution in [3.05, 3.63) is 170 Å². The van der Waals surface area contributed by atoms with Crippen LogP contribution in [0.3, 0.4) is 0 Å². The third-order valence-electron chi connectivity index (χ3n) is 8.84. The summed E-state index contributed by atoms with van der Waals surface area (Å²) in [6, 6.07) is 60.9. The maximum absolute atomic E-state index is 5.18. The van der Waals surface area contributed by atoms with Crippen LogP contribution in [-0.2, 0) is 0 Å². The van der Waals surface area contributed by atoms with Gasteiger partial charge in [0.2, 0.25) is 0 Å². The monoisotopic (exact) mass is 604 g/mol. The Hall–Kier alpha value is -5.77. The van der Waals surface area contributed by atoms with Crippen molar-refractivity contribution in [2.45, 2.75) is 0 Å². The van der Waals surface area contributed by atoms with Crippen LogP contribution in [0, 0.1) is 0 Å². The number of nitrogens with zero attached hydrogens (tertiary/aromatic N) is 2. The Morgan fingerprint density at radius 3 is 1.85 bits per heavy atom. The van der Waals surface area contributed by atoms with E-state index in [1.54, 1.807) is 11.3 Å². The van der Waals surface area contributed by atoms with Gasteiger partial charge in [0.15, 0.2) is 0 Å². The van der Waals surface area contributed by atoms with E-state index >= 15 is 0 Å². The second-order valence-electron chi connectivity index (χ2n) is 11.6. The van der Waals surface area contributed by atoms with Gasteiger partial charge >= 0.3 is 0 Å². The molecule has 0 bridgehead atoms. The molecule has 1 heterocycles. The number of aromatic nitrogens is 1. The van der Waals surface area contributed by atoms with Crippen molar-refractivity contribution >= 4 is 70.9 Å². The first kappa shape index (κ1) is 26.6. The van der Waals surface area contributed by atoms with Crippen molar-refractivity contribution < 1.29 is 0 Å². The minimum absolute atomic E-state index is 1.06. The van der Waals surface area contributed by atoms with E-state index in [1.807, 2.05) is 0 Å². The second kappa shape index (κ2) is 11.0. The lowest BCUT2D eigenvalue weighted by molar-refractivity contribution is 1.29. The Kier molecular flexibility index (Phi) is 6.36. The Morgan fingerprint density at radius 1 is 0.413 bits per heavy atom. The van der Waals surface area contributed by atoms with E-state index in [1.165, 1.54) is 48.1 Å². The van der Waals surface area contributed by atoms with Crippen LogP contribution >= 0.6 is 11.3 Å². The van der Waals surface area contributed by atoms with Gasteiger partial charge in [0.05, 0.1) is 10.2 Å². The number of hydrogen-bond donors (Lipinski definition) is 0. The molecule has 1 aromatic heterocycles. The first-order valence-corrected chi connectivity index (χ1v) is 16.4. The molecule has 0 unspecified atom stereocenters. The average molecular weight is 605 g/mol. The van der Waals surface area contributed by atoms with Crippen molar-refractivity contribution in [3.63, 3.8) is 0 Å². The van der Waals surface area contributed by atoms with E-state index < -0.39 is 0 Å².